The summed E-state index contributed by atoms with van der Waals surface area (Å²) in [5, 5.41) is 12.5. The Labute approximate surface area is 103 Å². The van der Waals surface area contributed by atoms with Crippen molar-refractivity contribution in [2.75, 3.05) is 11.9 Å². The number of hydrogen-bond donors (Lipinski definition) is 2. The number of rotatable bonds is 2. The topological polar surface area (TPSA) is 49.3 Å². The largest absolute Gasteiger partial charge is 0.481 e. The van der Waals surface area contributed by atoms with E-state index in [0.717, 1.165) is 15.7 Å². The SMILES string of the molecule is CC(C)(C(=O)O)C1CNc2ccc(Br)cc21. The van der Waals surface area contributed by atoms with Gasteiger partial charge in [-0.3, -0.25) is 4.79 Å². The smallest absolute Gasteiger partial charge is 0.309 e. The number of carboxylic acid groups (broad SMARTS) is 1. The average molecular weight is 284 g/mol. The Morgan fingerprint density at radius 3 is 2.88 bits per heavy atom. The first-order chi connectivity index (χ1) is 7.43. The Morgan fingerprint density at radius 1 is 1.56 bits per heavy atom. The lowest BCUT2D eigenvalue weighted by Crippen LogP contribution is -2.32. The van der Waals surface area contributed by atoms with Crippen LogP contribution in [0.2, 0.25) is 0 Å². The van der Waals surface area contributed by atoms with Gasteiger partial charge in [-0.1, -0.05) is 15.9 Å². The fraction of sp³-hybridized carbons (Fsp3) is 0.417. The zero-order chi connectivity index (χ0) is 11.9. The first-order valence-corrected chi connectivity index (χ1v) is 5.99. The molecule has 0 radical (unpaired) electrons. The average Bonchev–Trinajstić information content (AvgIpc) is 2.60. The zero-order valence-electron chi connectivity index (χ0n) is 9.25. The van der Waals surface area contributed by atoms with E-state index in [0.29, 0.717) is 6.54 Å². The molecule has 1 aromatic rings. The summed E-state index contributed by atoms with van der Waals surface area (Å²) >= 11 is 3.42. The van der Waals surface area contributed by atoms with Crippen LogP contribution in [0.1, 0.15) is 25.3 Å². The molecule has 1 unspecified atom stereocenters. The Bertz CT molecular complexity index is 443. The van der Waals surface area contributed by atoms with Gasteiger partial charge in [0.2, 0.25) is 0 Å². The number of carboxylic acids is 1. The lowest BCUT2D eigenvalue weighted by atomic mass is 9.76. The molecule has 4 heteroatoms. The van der Waals surface area contributed by atoms with E-state index in [2.05, 4.69) is 21.2 Å². The molecular weight excluding hydrogens is 270 g/mol. The number of fused-ring (bicyclic) bond motifs is 1. The van der Waals surface area contributed by atoms with Gasteiger partial charge in [-0.05, 0) is 37.6 Å². The van der Waals surface area contributed by atoms with Crippen molar-refractivity contribution in [3.63, 3.8) is 0 Å². The third-order valence-corrected chi connectivity index (χ3v) is 3.80. The Kier molecular flexibility index (Phi) is 2.70. The van der Waals surface area contributed by atoms with Gasteiger partial charge in [0.05, 0.1) is 5.41 Å². The molecule has 86 valence electrons. The van der Waals surface area contributed by atoms with Crippen LogP contribution in [0.4, 0.5) is 5.69 Å². The molecule has 1 atom stereocenters. The van der Waals surface area contributed by atoms with Gasteiger partial charge in [-0.15, -0.1) is 0 Å². The first-order valence-electron chi connectivity index (χ1n) is 5.19. The second kappa shape index (κ2) is 3.77. The molecule has 0 fully saturated rings. The molecule has 0 saturated carbocycles. The summed E-state index contributed by atoms with van der Waals surface area (Å²) in [7, 11) is 0. The van der Waals surface area contributed by atoms with Gasteiger partial charge in [0.15, 0.2) is 0 Å². The van der Waals surface area contributed by atoms with Crippen molar-refractivity contribution >= 4 is 27.6 Å². The van der Waals surface area contributed by atoms with Crippen LogP contribution in [0.25, 0.3) is 0 Å². The minimum absolute atomic E-state index is 0.0116. The van der Waals surface area contributed by atoms with E-state index in [1.165, 1.54) is 0 Å². The zero-order valence-corrected chi connectivity index (χ0v) is 10.8. The lowest BCUT2D eigenvalue weighted by Gasteiger charge is -2.26. The van der Waals surface area contributed by atoms with Gasteiger partial charge in [-0.25, -0.2) is 0 Å². The molecule has 16 heavy (non-hydrogen) atoms. The second-order valence-electron chi connectivity index (χ2n) is 4.69. The fourth-order valence-corrected chi connectivity index (χ4v) is 2.48. The van der Waals surface area contributed by atoms with Crippen LogP contribution in [0.15, 0.2) is 22.7 Å². The van der Waals surface area contributed by atoms with Crippen molar-refractivity contribution < 1.29 is 9.90 Å². The summed E-state index contributed by atoms with van der Waals surface area (Å²) in [6.45, 7) is 4.24. The van der Waals surface area contributed by atoms with Crippen LogP contribution in [-0.2, 0) is 4.79 Å². The molecule has 0 bridgehead atoms. The van der Waals surface area contributed by atoms with E-state index in [1.807, 2.05) is 18.2 Å². The Balaban J connectivity index is 2.43. The number of benzene rings is 1. The minimum atomic E-state index is -0.757. The van der Waals surface area contributed by atoms with Crippen molar-refractivity contribution in [1.29, 1.82) is 0 Å². The summed E-state index contributed by atoms with van der Waals surface area (Å²) < 4.78 is 0.987. The summed E-state index contributed by atoms with van der Waals surface area (Å²) in [6.07, 6.45) is 0. The molecule has 0 saturated heterocycles. The fourth-order valence-electron chi connectivity index (χ4n) is 2.10. The molecular formula is C12H14BrNO2. The van der Waals surface area contributed by atoms with Crippen LogP contribution in [0, 0.1) is 5.41 Å². The van der Waals surface area contributed by atoms with Crippen LogP contribution in [0.5, 0.6) is 0 Å². The Hall–Kier alpha value is -1.03. The predicted molar refractivity (Wildman–Crippen MR) is 66.8 cm³/mol. The van der Waals surface area contributed by atoms with Crippen LogP contribution in [-0.4, -0.2) is 17.6 Å². The highest BCUT2D eigenvalue weighted by Gasteiger charge is 2.41. The predicted octanol–water partition coefficient (Wildman–Crippen LogP) is 3.07. The molecule has 1 aliphatic heterocycles. The van der Waals surface area contributed by atoms with Gasteiger partial charge in [0.25, 0.3) is 0 Å². The normalized spacial score (nSPS) is 19.1. The van der Waals surface area contributed by atoms with Crippen molar-refractivity contribution in [2.24, 2.45) is 5.41 Å². The quantitative estimate of drug-likeness (QED) is 0.877. The number of carbonyl (C=O) groups is 1. The van der Waals surface area contributed by atoms with Gasteiger partial charge < -0.3 is 10.4 Å². The van der Waals surface area contributed by atoms with E-state index >= 15 is 0 Å². The summed E-state index contributed by atoms with van der Waals surface area (Å²) in [4.78, 5) is 11.3. The molecule has 1 aromatic carbocycles. The van der Waals surface area contributed by atoms with Crippen LogP contribution in [0.3, 0.4) is 0 Å². The highest BCUT2D eigenvalue weighted by molar-refractivity contribution is 9.10. The number of nitrogens with one attached hydrogen (secondary N) is 1. The van der Waals surface area contributed by atoms with Crippen molar-refractivity contribution in [1.82, 2.24) is 0 Å². The van der Waals surface area contributed by atoms with E-state index in [9.17, 15) is 9.90 Å². The van der Waals surface area contributed by atoms with Crippen LogP contribution < -0.4 is 5.32 Å². The monoisotopic (exact) mass is 283 g/mol. The molecule has 0 amide bonds. The number of anilines is 1. The number of aliphatic carboxylic acids is 1. The van der Waals surface area contributed by atoms with Crippen LogP contribution >= 0.6 is 15.9 Å². The first kappa shape index (κ1) is 11.5. The number of hydrogen-bond acceptors (Lipinski definition) is 2. The molecule has 2 rings (SSSR count). The second-order valence-corrected chi connectivity index (χ2v) is 5.61. The molecule has 0 aromatic heterocycles. The van der Waals surface area contributed by atoms with E-state index in [1.54, 1.807) is 13.8 Å². The summed E-state index contributed by atoms with van der Waals surface area (Å²) in [5.74, 6) is -0.746. The maximum Gasteiger partial charge on any atom is 0.309 e. The van der Waals surface area contributed by atoms with Gasteiger partial charge in [0.1, 0.15) is 0 Å². The van der Waals surface area contributed by atoms with E-state index < -0.39 is 11.4 Å². The van der Waals surface area contributed by atoms with Crippen molar-refractivity contribution in [3.05, 3.63) is 28.2 Å². The maximum atomic E-state index is 11.3. The summed E-state index contributed by atoms with van der Waals surface area (Å²) in [6, 6.07) is 5.95. The van der Waals surface area contributed by atoms with Gasteiger partial charge in [0, 0.05) is 22.6 Å². The molecule has 1 heterocycles. The molecule has 1 aliphatic rings. The van der Waals surface area contributed by atoms with E-state index in [4.69, 9.17) is 0 Å². The number of halogens is 1. The molecule has 3 nitrogen and oxygen atoms in total. The molecule has 0 spiro atoms. The third kappa shape index (κ3) is 1.71. The third-order valence-electron chi connectivity index (χ3n) is 3.31. The highest BCUT2D eigenvalue weighted by Crippen LogP contribution is 2.44. The molecule has 2 N–H and O–H groups in total. The maximum absolute atomic E-state index is 11.3. The highest BCUT2D eigenvalue weighted by atomic mass is 79.9. The Morgan fingerprint density at radius 2 is 2.25 bits per heavy atom. The van der Waals surface area contributed by atoms with Gasteiger partial charge >= 0.3 is 5.97 Å². The van der Waals surface area contributed by atoms with Crippen molar-refractivity contribution in [3.8, 4) is 0 Å². The standard InChI is InChI=1S/C12H14BrNO2/c1-12(2,11(15)16)9-6-14-10-4-3-7(13)5-8(9)10/h3-5,9,14H,6H2,1-2H3,(H,15,16). The van der Waals surface area contributed by atoms with Gasteiger partial charge in [-0.2, -0.15) is 0 Å². The van der Waals surface area contributed by atoms with E-state index in [-0.39, 0.29) is 5.92 Å². The summed E-state index contributed by atoms with van der Waals surface area (Å²) in [5.41, 5.74) is 1.38. The minimum Gasteiger partial charge on any atom is -0.481 e. The molecule has 0 aliphatic carbocycles. The van der Waals surface area contributed by atoms with Crippen molar-refractivity contribution in [2.45, 2.75) is 19.8 Å². The lowest BCUT2D eigenvalue weighted by molar-refractivity contribution is -0.148.